The fourth-order valence-electron chi connectivity index (χ4n) is 2.50. The first-order chi connectivity index (χ1) is 8.85. The van der Waals surface area contributed by atoms with Crippen molar-refractivity contribution in [3.63, 3.8) is 0 Å². The van der Waals surface area contributed by atoms with Crippen LogP contribution in [0.15, 0.2) is 41.4 Å². The molecule has 0 radical (unpaired) electrons. The molecule has 0 N–H and O–H groups in total. The van der Waals surface area contributed by atoms with E-state index in [1.165, 1.54) is 16.3 Å². The van der Waals surface area contributed by atoms with Gasteiger partial charge in [-0.1, -0.05) is 30.3 Å². The second-order valence-corrected chi connectivity index (χ2v) is 4.26. The largest absolute Gasteiger partial charge is 0.493 e. The topological polar surface area (TPSA) is 21.6 Å². The highest BCUT2D eigenvalue weighted by Gasteiger charge is 2.17. The van der Waals surface area contributed by atoms with Crippen molar-refractivity contribution in [2.45, 2.75) is 6.92 Å². The second kappa shape index (κ2) is 4.30. The number of aliphatic imine (C=N–C) groups is 1. The molecule has 0 aliphatic heterocycles. The van der Waals surface area contributed by atoms with Crippen molar-refractivity contribution in [3.05, 3.63) is 47.5 Å². The first kappa shape index (κ1) is 11.0. The van der Waals surface area contributed by atoms with Crippen molar-refractivity contribution in [2.24, 2.45) is 4.99 Å². The lowest BCUT2D eigenvalue weighted by molar-refractivity contribution is 0.340. The SMILES string of the molecule is CCOc1ccc2cccc3c2c1C(=NC)C=C3. The van der Waals surface area contributed by atoms with Crippen LogP contribution in [0.25, 0.3) is 16.8 Å². The van der Waals surface area contributed by atoms with Gasteiger partial charge in [0.15, 0.2) is 0 Å². The number of hydrogen-bond acceptors (Lipinski definition) is 2. The molecule has 1 aliphatic rings. The van der Waals surface area contributed by atoms with Crippen molar-refractivity contribution in [3.8, 4) is 5.75 Å². The van der Waals surface area contributed by atoms with Crippen LogP contribution in [-0.4, -0.2) is 19.4 Å². The zero-order valence-electron chi connectivity index (χ0n) is 10.6. The summed E-state index contributed by atoms with van der Waals surface area (Å²) in [5.41, 5.74) is 3.34. The van der Waals surface area contributed by atoms with Gasteiger partial charge >= 0.3 is 0 Å². The van der Waals surface area contributed by atoms with E-state index in [2.05, 4.69) is 41.4 Å². The highest BCUT2D eigenvalue weighted by molar-refractivity contribution is 6.23. The van der Waals surface area contributed by atoms with E-state index in [0.717, 1.165) is 17.0 Å². The lowest BCUT2D eigenvalue weighted by atomic mass is 9.91. The van der Waals surface area contributed by atoms with Crippen LogP contribution >= 0.6 is 0 Å². The summed E-state index contributed by atoms with van der Waals surface area (Å²) in [4.78, 5) is 4.36. The van der Waals surface area contributed by atoms with Crippen LogP contribution in [-0.2, 0) is 0 Å². The van der Waals surface area contributed by atoms with E-state index in [9.17, 15) is 0 Å². The van der Waals surface area contributed by atoms with E-state index in [1.807, 2.05) is 20.0 Å². The molecule has 0 aromatic heterocycles. The van der Waals surface area contributed by atoms with Crippen LogP contribution < -0.4 is 4.74 Å². The van der Waals surface area contributed by atoms with Gasteiger partial charge in [0.2, 0.25) is 0 Å². The van der Waals surface area contributed by atoms with Gasteiger partial charge in [0.25, 0.3) is 0 Å². The van der Waals surface area contributed by atoms with Crippen LogP contribution in [0.4, 0.5) is 0 Å². The molecule has 2 aromatic carbocycles. The highest BCUT2D eigenvalue weighted by Crippen LogP contribution is 2.34. The number of allylic oxidation sites excluding steroid dienone is 1. The zero-order chi connectivity index (χ0) is 12.5. The van der Waals surface area contributed by atoms with Gasteiger partial charge in [-0.05, 0) is 30.0 Å². The Morgan fingerprint density at radius 2 is 2.00 bits per heavy atom. The van der Waals surface area contributed by atoms with E-state index in [-0.39, 0.29) is 0 Å². The number of hydrogen-bond donors (Lipinski definition) is 0. The van der Waals surface area contributed by atoms with Crippen molar-refractivity contribution in [1.29, 1.82) is 0 Å². The normalized spacial score (nSPS) is 15.3. The van der Waals surface area contributed by atoms with Gasteiger partial charge < -0.3 is 4.74 Å². The molecular formula is C16H15NO. The molecule has 18 heavy (non-hydrogen) atoms. The quantitative estimate of drug-likeness (QED) is 0.780. The van der Waals surface area contributed by atoms with E-state index < -0.39 is 0 Å². The van der Waals surface area contributed by atoms with Gasteiger partial charge in [-0.15, -0.1) is 0 Å². The molecule has 0 atom stereocenters. The Morgan fingerprint density at radius 1 is 1.11 bits per heavy atom. The number of rotatable bonds is 2. The first-order valence-corrected chi connectivity index (χ1v) is 6.19. The summed E-state index contributed by atoms with van der Waals surface area (Å²) < 4.78 is 5.74. The van der Waals surface area contributed by atoms with Crippen LogP contribution in [0, 0.1) is 0 Å². The molecule has 90 valence electrons. The van der Waals surface area contributed by atoms with Crippen molar-refractivity contribution >= 4 is 22.6 Å². The fraction of sp³-hybridized carbons (Fsp3) is 0.188. The summed E-state index contributed by atoms with van der Waals surface area (Å²) in [7, 11) is 1.82. The average Bonchev–Trinajstić information content (AvgIpc) is 2.42. The third-order valence-electron chi connectivity index (χ3n) is 3.26. The Labute approximate surface area is 107 Å². The molecule has 0 spiro atoms. The van der Waals surface area contributed by atoms with Gasteiger partial charge in [0.1, 0.15) is 5.75 Å². The molecule has 2 nitrogen and oxygen atoms in total. The van der Waals surface area contributed by atoms with Crippen LogP contribution in [0.2, 0.25) is 0 Å². The molecule has 0 saturated heterocycles. The number of benzene rings is 2. The third kappa shape index (κ3) is 1.53. The predicted molar refractivity (Wildman–Crippen MR) is 76.6 cm³/mol. The van der Waals surface area contributed by atoms with E-state index in [0.29, 0.717) is 6.61 Å². The van der Waals surface area contributed by atoms with Gasteiger partial charge in [-0.2, -0.15) is 0 Å². The summed E-state index contributed by atoms with van der Waals surface area (Å²) >= 11 is 0. The fourth-order valence-corrected chi connectivity index (χ4v) is 2.50. The van der Waals surface area contributed by atoms with Crippen molar-refractivity contribution < 1.29 is 4.74 Å². The molecule has 0 heterocycles. The maximum atomic E-state index is 5.74. The minimum Gasteiger partial charge on any atom is -0.493 e. The maximum Gasteiger partial charge on any atom is 0.129 e. The minimum atomic E-state index is 0.668. The summed E-state index contributed by atoms with van der Waals surface area (Å²) in [6.07, 6.45) is 4.17. The lowest BCUT2D eigenvalue weighted by Crippen LogP contribution is -2.07. The maximum absolute atomic E-state index is 5.74. The molecule has 2 aromatic rings. The van der Waals surface area contributed by atoms with Gasteiger partial charge in [-0.25, -0.2) is 0 Å². The average molecular weight is 237 g/mol. The Balaban J connectivity index is 2.41. The Kier molecular flexibility index (Phi) is 2.63. The van der Waals surface area contributed by atoms with Crippen LogP contribution in [0.1, 0.15) is 18.1 Å². The predicted octanol–water partition coefficient (Wildman–Crippen LogP) is 3.68. The number of nitrogens with zero attached hydrogens (tertiary/aromatic N) is 1. The molecule has 1 aliphatic carbocycles. The Hall–Kier alpha value is -2.09. The zero-order valence-corrected chi connectivity index (χ0v) is 10.6. The summed E-state index contributed by atoms with van der Waals surface area (Å²) in [5.74, 6) is 0.919. The summed E-state index contributed by atoms with van der Waals surface area (Å²) in [6, 6.07) is 10.5. The van der Waals surface area contributed by atoms with Crippen LogP contribution in [0.3, 0.4) is 0 Å². The number of ether oxygens (including phenoxy) is 1. The third-order valence-corrected chi connectivity index (χ3v) is 3.26. The van der Waals surface area contributed by atoms with Gasteiger partial charge in [0, 0.05) is 12.4 Å². The van der Waals surface area contributed by atoms with E-state index in [4.69, 9.17) is 4.74 Å². The Morgan fingerprint density at radius 3 is 2.78 bits per heavy atom. The molecule has 0 bridgehead atoms. The molecule has 2 heteroatoms. The van der Waals surface area contributed by atoms with Gasteiger partial charge in [0.05, 0.1) is 17.9 Å². The summed E-state index contributed by atoms with van der Waals surface area (Å²) in [5, 5.41) is 2.48. The molecule has 0 fully saturated rings. The molecule has 0 saturated carbocycles. The first-order valence-electron chi connectivity index (χ1n) is 6.19. The molecule has 0 unspecified atom stereocenters. The van der Waals surface area contributed by atoms with Crippen molar-refractivity contribution in [1.82, 2.24) is 0 Å². The monoisotopic (exact) mass is 237 g/mol. The Bertz CT molecular complexity index is 668. The lowest BCUT2D eigenvalue weighted by Gasteiger charge is -2.18. The minimum absolute atomic E-state index is 0.668. The van der Waals surface area contributed by atoms with Crippen molar-refractivity contribution in [2.75, 3.05) is 13.7 Å². The van der Waals surface area contributed by atoms with E-state index in [1.54, 1.807) is 0 Å². The highest BCUT2D eigenvalue weighted by atomic mass is 16.5. The van der Waals surface area contributed by atoms with E-state index >= 15 is 0 Å². The second-order valence-electron chi connectivity index (χ2n) is 4.26. The van der Waals surface area contributed by atoms with Crippen LogP contribution in [0.5, 0.6) is 5.75 Å². The van der Waals surface area contributed by atoms with Gasteiger partial charge in [-0.3, -0.25) is 4.99 Å². The standard InChI is InChI=1S/C16H15NO/c1-3-18-14-10-8-12-6-4-5-11-7-9-13(17-2)16(14)15(11)12/h4-10H,3H2,1-2H3. The smallest absolute Gasteiger partial charge is 0.129 e. The summed E-state index contributed by atoms with van der Waals surface area (Å²) in [6.45, 7) is 2.67. The molecule has 3 rings (SSSR count). The molecule has 0 amide bonds. The molecular weight excluding hydrogens is 222 g/mol.